The highest BCUT2D eigenvalue weighted by atomic mass is 19.1. The Morgan fingerprint density at radius 2 is 1.91 bits per heavy atom. The van der Waals surface area contributed by atoms with Crippen LogP contribution in [0.5, 0.6) is 0 Å². The van der Waals surface area contributed by atoms with Gasteiger partial charge in [-0.1, -0.05) is 6.07 Å². The molecule has 2 N–H and O–H groups in total. The number of benzene rings is 1. The molecule has 0 radical (unpaired) electrons. The third kappa shape index (κ3) is 3.70. The lowest BCUT2D eigenvalue weighted by Gasteiger charge is -2.34. The molecule has 5 heteroatoms. The molecule has 0 bridgehead atoms. The Bertz CT molecular complexity index is 559. The van der Waals surface area contributed by atoms with Crippen LogP contribution in [0.2, 0.25) is 0 Å². The van der Waals surface area contributed by atoms with Gasteiger partial charge in [0.2, 0.25) is 0 Å². The number of halogens is 1. The first-order valence-corrected chi connectivity index (χ1v) is 7.71. The third-order valence-corrected chi connectivity index (χ3v) is 3.98. The van der Waals surface area contributed by atoms with Gasteiger partial charge in [-0.25, -0.2) is 9.18 Å². The van der Waals surface area contributed by atoms with Crippen LogP contribution >= 0.6 is 0 Å². The summed E-state index contributed by atoms with van der Waals surface area (Å²) in [4.78, 5) is 13.8. The van der Waals surface area contributed by atoms with E-state index in [2.05, 4.69) is 0 Å². The molecule has 22 heavy (non-hydrogen) atoms. The number of ether oxygens (including phenoxy) is 1. The minimum atomic E-state index is -0.496. The van der Waals surface area contributed by atoms with Crippen LogP contribution in [0.25, 0.3) is 0 Å². The fraction of sp³-hybridized carbons (Fsp3) is 0.588. The highest BCUT2D eigenvalue weighted by Crippen LogP contribution is 2.34. The minimum Gasteiger partial charge on any atom is -0.444 e. The smallest absolute Gasteiger partial charge is 0.410 e. The average Bonchev–Trinajstić information content (AvgIpc) is 2.42. The highest BCUT2D eigenvalue weighted by Gasteiger charge is 2.29. The summed E-state index contributed by atoms with van der Waals surface area (Å²) in [7, 11) is 0. The first-order chi connectivity index (χ1) is 10.2. The second-order valence-electron chi connectivity index (χ2n) is 6.94. The molecule has 122 valence electrons. The molecular formula is C17H25FN2O2. The van der Waals surface area contributed by atoms with E-state index in [9.17, 15) is 9.18 Å². The van der Waals surface area contributed by atoms with Gasteiger partial charge in [0.1, 0.15) is 11.4 Å². The van der Waals surface area contributed by atoms with Crippen molar-refractivity contribution in [2.45, 2.75) is 52.1 Å². The van der Waals surface area contributed by atoms with Gasteiger partial charge in [0.05, 0.1) is 5.69 Å². The molecule has 1 aromatic carbocycles. The summed E-state index contributed by atoms with van der Waals surface area (Å²) >= 11 is 0. The SMILES string of the molecule is Cc1ccc(N)c(F)c1C1CCN(C(=O)OC(C)(C)C)CC1. The van der Waals surface area contributed by atoms with Crippen LogP contribution in [-0.4, -0.2) is 29.7 Å². The molecule has 1 aromatic rings. The maximum Gasteiger partial charge on any atom is 0.410 e. The van der Waals surface area contributed by atoms with Gasteiger partial charge in [0.15, 0.2) is 0 Å². The fourth-order valence-electron chi connectivity index (χ4n) is 2.88. The number of anilines is 1. The van der Waals surface area contributed by atoms with E-state index in [-0.39, 0.29) is 23.5 Å². The van der Waals surface area contributed by atoms with E-state index in [1.807, 2.05) is 33.8 Å². The average molecular weight is 308 g/mol. The summed E-state index contributed by atoms with van der Waals surface area (Å²) < 4.78 is 19.7. The predicted octanol–water partition coefficient (Wildman–Crippen LogP) is 3.83. The number of nitrogens with two attached hydrogens (primary N) is 1. The summed E-state index contributed by atoms with van der Waals surface area (Å²) in [6.07, 6.45) is 1.15. The Kier molecular flexibility index (Phi) is 4.63. The number of likely N-dealkylation sites (tertiary alicyclic amines) is 1. The maximum absolute atomic E-state index is 14.3. The number of nitrogen functional groups attached to an aromatic ring is 1. The topological polar surface area (TPSA) is 55.6 Å². The van der Waals surface area contributed by atoms with Crippen molar-refractivity contribution in [2.24, 2.45) is 0 Å². The van der Waals surface area contributed by atoms with Gasteiger partial charge in [0.25, 0.3) is 0 Å². The molecule has 1 amide bonds. The molecule has 0 unspecified atom stereocenters. The molecule has 0 saturated carbocycles. The molecule has 2 rings (SSSR count). The molecule has 4 nitrogen and oxygen atoms in total. The van der Waals surface area contributed by atoms with Gasteiger partial charge in [-0.2, -0.15) is 0 Å². The Balaban J connectivity index is 2.04. The zero-order valence-electron chi connectivity index (χ0n) is 13.8. The standard InChI is InChI=1S/C17H25FN2O2/c1-11-5-6-13(19)15(18)14(11)12-7-9-20(10-8-12)16(21)22-17(2,3)4/h5-6,12H,7-10,19H2,1-4H3. The predicted molar refractivity (Wildman–Crippen MR) is 85.3 cm³/mol. The van der Waals surface area contributed by atoms with Crippen molar-refractivity contribution in [3.8, 4) is 0 Å². The van der Waals surface area contributed by atoms with Crippen LogP contribution in [0.3, 0.4) is 0 Å². The van der Waals surface area contributed by atoms with Crippen molar-refractivity contribution in [1.82, 2.24) is 4.90 Å². The number of rotatable bonds is 1. The van der Waals surface area contributed by atoms with Gasteiger partial charge >= 0.3 is 6.09 Å². The number of carbonyl (C=O) groups excluding carboxylic acids is 1. The molecule has 1 fully saturated rings. The van der Waals surface area contributed by atoms with E-state index in [0.29, 0.717) is 18.7 Å². The van der Waals surface area contributed by atoms with Crippen molar-refractivity contribution in [1.29, 1.82) is 0 Å². The van der Waals surface area contributed by atoms with Gasteiger partial charge in [0, 0.05) is 13.1 Å². The second-order valence-corrected chi connectivity index (χ2v) is 6.94. The van der Waals surface area contributed by atoms with Crippen molar-refractivity contribution < 1.29 is 13.9 Å². The van der Waals surface area contributed by atoms with Crippen LogP contribution in [-0.2, 0) is 4.74 Å². The first-order valence-electron chi connectivity index (χ1n) is 7.71. The number of hydrogen-bond acceptors (Lipinski definition) is 3. The monoisotopic (exact) mass is 308 g/mol. The van der Waals surface area contributed by atoms with Crippen molar-refractivity contribution in [2.75, 3.05) is 18.8 Å². The zero-order valence-corrected chi connectivity index (χ0v) is 13.8. The third-order valence-electron chi connectivity index (χ3n) is 3.98. The Morgan fingerprint density at radius 1 is 1.32 bits per heavy atom. The van der Waals surface area contributed by atoms with Gasteiger partial charge < -0.3 is 15.4 Å². The van der Waals surface area contributed by atoms with Crippen LogP contribution in [0, 0.1) is 12.7 Å². The van der Waals surface area contributed by atoms with E-state index in [1.165, 1.54) is 0 Å². The lowest BCUT2D eigenvalue weighted by Crippen LogP contribution is -2.41. The van der Waals surface area contributed by atoms with Crippen molar-refractivity contribution >= 4 is 11.8 Å². The number of nitrogens with zero attached hydrogens (tertiary/aromatic N) is 1. The number of carbonyl (C=O) groups is 1. The van der Waals surface area contributed by atoms with Crippen LogP contribution < -0.4 is 5.73 Å². The lowest BCUT2D eigenvalue weighted by atomic mass is 9.86. The molecule has 0 aliphatic carbocycles. The van der Waals surface area contributed by atoms with Crippen LogP contribution in [0.4, 0.5) is 14.9 Å². The number of piperidine rings is 1. The van der Waals surface area contributed by atoms with E-state index in [0.717, 1.165) is 18.4 Å². The largest absolute Gasteiger partial charge is 0.444 e. The second kappa shape index (κ2) is 6.15. The zero-order chi connectivity index (χ0) is 16.5. The summed E-state index contributed by atoms with van der Waals surface area (Å²) in [5.74, 6) is -0.210. The fourth-order valence-corrected chi connectivity index (χ4v) is 2.88. The normalized spacial score (nSPS) is 16.7. The van der Waals surface area contributed by atoms with E-state index in [4.69, 9.17) is 10.5 Å². The van der Waals surface area contributed by atoms with E-state index >= 15 is 0 Å². The van der Waals surface area contributed by atoms with Crippen molar-refractivity contribution in [3.63, 3.8) is 0 Å². The van der Waals surface area contributed by atoms with E-state index in [1.54, 1.807) is 11.0 Å². The highest BCUT2D eigenvalue weighted by molar-refractivity contribution is 5.68. The van der Waals surface area contributed by atoms with E-state index < -0.39 is 5.60 Å². The summed E-state index contributed by atoms with van der Waals surface area (Å²) in [5, 5.41) is 0. The van der Waals surface area contributed by atoms with Crippen LogP contribution in [0.15, 0.2) is 12.1 Å². The molecule has 1 aliphatic heterocycles. The Hall–Kier alpha value is -1.78. The molecule has 0 aromatic heterocycles. The van der Waals surface area contributed by atoms with Crippen LogP contribution in [0.1, 0.15) is 50.7 Å². The molecule has 0 spiro atoms. The maximum atomic E-state index is 14.3. The minimum absolute atomic E-state index is 0.0992. The Labute approximate surface area is 131 Å². The molecule has 1 aliphatic rings. The molecule has 1 saturated heterocycles. The lowest BCUT2D eigenvalue weighted by molar-refractivity contribution is 0.0204. The molecule has 1 heterocycles. The van der Waals surface area contributed by atoms with Gasteiger partial charge in [-0.15, -0.1) is 0 Å². The van der Waals surface area contributed by atoms with Gasteiger partial charge in [-0.3, -0.25) is 0 Å². The Morgan fingerprint density at radius 3 is 2.45 bits per heavy atom. The molecular weight excluding hydrogens is 283 g/mol. The number of amides is 1. The number of aryl methyl sites for hydroxylation is 1. The molecule has 0 atom stereocenters. The number of hydrogen-bond donors (Lipinski definition) is 1. The quantitative estimate of drug-likeness (QED) is 0.802. The summed E-state index contributed by atoms with van der Waals surface area (Å²) in [6.45, 7) is 8.61. The summed E-state index contributed by atoms with van der Waals surface area (Å²) in [5.41, 5.74) is 6.99. The summed E-state index contributed by atoms with van der Waals surface area (Å²) in [6, 6.07) is 3.46. The first kappa shape index (κ1) is 16.6. The van der Waals surface area contributed by atoms with Gasteiger partial charge in [-0.05, 0) is 63.6 Å². The van der Waals surface area contributed by atoms with Crippen molar-refractivity contribution in [3.05, 3.63) is 29.1 Å².